The zero-order chi connectivity index (χ0) is 31.1. The van der Waals surface area contributed by atoms with E-state index in [1.54, 1.807) is 20.8 Å². The van der Waals surface area contributed by atoms with Crippen molar-refractivity contribution in [1.29, 1.82) is 0 Å². The minimum absolute atomic E-state index is 0.0866. The molecule has 0 saturated heterocycles. The van der Waals surface area contributed by atoms with Crippen molar-refractivity contribution in [2.24, 2.45) is 17.8 Å². The van der Waals surface area contributed by atoms with Crippen molar-refractivity contribution in [3.8, 4) is 0 Å². The first-order chi connectivity index (χ1) is 17.7. The number of hydrogen-bond donors (Lipinski definition) is 1. The summed E-state index contributed by atoms with van der Waals surface area (Å²) < 4.78 is 9.78. The van der Waals surface area contributed by atoms with Crippen molar-refractivity contribution in [1.82, 2.24) is 9.88 Å². The predicted molar refractivity (Wildman–Crippen MR) is 154 cm³/mol. The molecule has 1 aromatic rings. The smallest absolute Gasteiger partial charge is 0.423 e. The molecule has 0 bridgehead atoms. The molecule has 1 aliphatic heterocycles. The summed E-state index contributed by atoms with van der Waals surface area (Å²) in [5, 5.41) is 8.78. The monoisotopic (exact) mass is 573 g/mol. The lowest BCUT2D eigenvalue weighted by Gasteiger charge is -2.34. The third-order valence-electron chi connectivity index (χ3n) is 3.20. The highest BCUT2D eigenvalue weighted by Gasteiger charge is 2.38. The van der Waals surface area contributed by atoms with Crippen LogP contribution in [0.4, 0.5) is 15.3 Å². The van der Waals surface area contributed by atoms with E-state index in [0.29, 0.717) is 4.90 Å². The molecular formula is C28H48ClN3O7. The second-order valence-electron chi connectivity index (χ2n) is 11.8. The number of anilines is 1. The van der Waals surface area contributed by atoms with Gasteiger partial charge in [0.15, 0.2) is 6.61 Å². The highest BCUT2D eigenvalue weighted by molar-refractivity contribution is 6.29. The van der Waals surface area contributed by atoms with E-state index in [9.17, 15) is 19.2 Å². The summed E-state index contributed by atoms with van der Waals surface area (Å²) in [6.45, 7) is 23.1. The van der Waals surface area contributed by atoms with Gasteiger partial charge in [0, 0.05) is 0 Å². The van der Waals surface area contributed by atoms with E-state index < -0.39 is 42.8 Å². The number of fused-ring (bicyclic) bond motifs is 1. The Kier molecular flexibility index (Phi) is 18.1. The van der Waals surface area contributed by atoms with Gasteiger partial charge in [0.2, 0.25) is 0 Å². The minimum atomic E-state index is -1.38. The van der Waals surface area contributed by atoms with Crippen LogP contribution in [0.15, 0.2) is 12.1 Å². The molecule has 11 heteroatoms. The molecular weight excluding hydrogens is 526 g/mol. The number of carbonyl (C=O) groups excluding carboxylic acids is 3. The van der Waals surface area contributed by atoms with Crippen molar-refractivity contribution < 1.29 is 33.8 Å². The lowest BCUT2D eigenvalue weighted by molar-refractivity contribution is -0.155. The van der Waals surface area contributed by atoms with Gasteiger partial charge in [0.25, 0.3) is 0 Å². The summed E-state index contributed by atoms with van der Waals surface area (Å²) in [6, 6.07) is 1.89. The van der Waals surface area contributed by atoms with Gasteiger partial charge in [0.1, 0.15) is 17.3 Å². The Labute approximate surface area is 239 Å². The molecule has 1 aromatic heterocycles. The van der Waals surface area contributed by atoms with E-state index in [0.717, 1.165) is 22.7 Å². The van der Waals surface area contributed by atoms with Gasteiger partial charge in [-0.05, 0) is 50.7 Å². The molecule has 0 spiro atoms. The van der Waals surface area contributed by atoms with Crippen LogP contribution >= 0.6 is 11.6 Å². The molecule has 0 atom stereocenters. The number of aromatic nitrogens is 1. The molecule has 224 valence electrons. The number of urea groups is 1. The fraction of sp³-hybridized carbons (Fsp3) is 0.679. The molecule has 0 unspecified atom stereocenters. The number of rotatable bonds is 4. The summed E-state index contributed by atoms with van der Waals surface area (Å²) in [4.78, 5) is 53.3. The molecule has 39 heavy (non-hydrogen) atoms. The number of amides is 3. The zero-order valence-corrected chi connectivity index (χ0v) is 26.4. The molecule has 1 N–H and O–H groups in total. The second kappa shape index (κ2) is 18.4. The number of pyridine rings is 1. The van der Waals surface area contributed by atoms with E-state index in [-0.39, 0.29) is 23.1 Å². The SMILES string of the molecule is CC(C)(C)OC(=O)CN1Cc2nc(Cl)ccc2N(C(=O)OCC(=O)O)C1=O.CC(C)C.CC(C)C.CC(C)C. The number of carbonyl (C=O) groups is 4. The number of halogens is 1. The molecule has 2 rings (SSSR count). The summed E-state index contributed by atoms with van der Waals surface area (Å²) in [6.07, 6.45) is -1.21. The topological polar surface area (TPSA) is 126 Å². The molecule has 0 aromatic carbocycles. The summed E-state index contributed by atoms with van der Waals surface area (Å²) in [5.74, 6) is 0.438. The van der Waals surface area contributed by atoms with Crippen LogP contribution in [0, 0.1) is 17.8 Å². The lowest BCUT2D eigenvalue weighted by Crippen LogP contribution is -2.52. The highest BCUT2D eigenvalue weighted by Crippen LogP contribution is 2.29. The van der Waals surface area contributed by atoms with Gasteiger partial charge < -0.3 is 19.5 Å². The number of carboxylic acids is 1. The Morgan fingerprint density at radius 2 is 1.44 bits per heavy atom. The number of imide groups is 1. The number of esters is 1. The largest absolute Gasteiger partial charge is 0.479 e. The van der Waals surface area contributed by atoms with Gasteiger partial charge in [-0.2, -0.15) is 4.90 Å². The molecule has 2 heterocycles. The first-order valence-electron chi connectivity index (χ1n) is 13.0. The fourth-order valence-corrected chi connectivity index (χ4v) is 2.46. The van der Waals surface area contributed by atoms with Gasteiger partial charge in [0.05, 0.1) is 17.9 Å². The summed E-state index contributed by atoms with van der Waals surface area (Å²) >= 11 is 5.87. The highest BCUT2D eigenvalue weighted by atomic mass is 35.5. The quantitative estimate of drug-likeness (QED) is 0.300. The molecule has 0 radical (unpaired) electrons. The standard InChI is InChI=1S/C16H18ClN3O7.3C4H10/c1-16(2,3)27-13(23)7-19-6-9-10(4-5-11(17)18-9)20(14(19)24)15(25)26-8-12(21)22;3*1-4(2)3/h4-5H,6-8H2,1-3H3,(H,21,22);3*4H,1-3H3. The maximum absolute atomic E-state index is 12.7. The van der Waals surface area contributed by atoms with Gasteiger partial charge in [-0.3, -0.25) is 4.79 Å². The van der Waals surface area contributed by atoms with Gasteiger partial charge in [-0.15, -0.1) is 0 Å². The zero-order valence-electron chi connectivity index (χ0n) is 25.6. The van der Waals surface area contributed by atoms with E-state index in [2.05, 4.69) is 72.0 Å². The maximum atomic E-state index is 12.7. The van der Waals surface area contributed by atoms with E-state index in [1.807, 2.05) is 0 Å². The number of hydrogen-bond acceptors (Lipinski definition) is 7. The van der Waals surface area contributed by atoms with Crippen LogP contribution in [0.2, 0.25) is 5.15 Å². The van der Waals surface area contributed by atoms with E-state index >= 15 is 0 Å². The van der Waals surface area contributed by atoms with Crippen molar-refractivity contribution in [3.63, 3.8) is 0 Å². The normalized spacial score (nSPS) is 12.4. The number of aliphatic carboxylic acids is 1. The fourth-order valence-electron chi connectivity index (χ4n) is 2.30. The van der Waals surface area contributed by atoms with Crippen LogP contribution in [0.5, 0.6) is 0 Å². The Morgan fingerprint density at radius 1 is 0.974 bits per heavy atom. The number of nitrogens with zero attached hydrogens (tertiary/aromatic N) is 3. The molecule has 1 aliphatic rings. The van der Waals surface area contributed by atoms with Crippen molar-refractivity contribution in [2.45, 2.75) is 95.2 Å². The van der Waals surface area contributed by atoms with Crippen LogP contribution in [0.25, 0.3) is 0 Å². The number of ether oxygens (including phenoxy) is 2. The molecule has 0 aliphatic carbocycles. The van der Waals surface area contributed by atoms with E-state index in [4.69, 9.17) is 21.4 Å². The average Bonchev–Trinajstić information content (AvgIpc) is 2.70. The minimum Gasteiger partial charge on any atom is -0.479 e. The van der Waals surface area contributed by atoms with Gasteiger partial charge >= 0.3 is 24.1 Å². The van der Waals surface area contributed by atoms with Crippen molar-refractivity contribution in [3.05, 3.63) is 23.0 Å². The van der Waals surface area contributed by atoms with Crippen LogP contribution in [0.1, 0.15) is 88.8 Å². The van der Waals surface area contributed by atoms with Crippen LogP contribution in [0.3, 0.4) is 0 Å². The Hall–Kier alpha value is -2.88. The van der Waals surface area contributed by atoms with Crippen LogP contribution < -0.4 is 4.90 Å². The Balaban J connectivity index is 0. The second-order valence-corrected chi connectivity index (χ2v) is 12.2. The van der Waals surface area contributed by atoms with E-state index in [1.165, 1.54) is 12.1 Å². The molecule has 3 amide bonds. The van der Waals surface area contributed by atoms with Crippen molar-refractivity contribution >= 4 is 41.4 Å². The Morgan fingerprint density at radius 3 is 1.85 bits per heavy atom. The summed E-state index contributed by atoms with van der Waals surface area (Å²) in [5.41, 5.74) is -0.409. The average molecular weight is 574 g/mol. The maximum Gasteiger partial charge on any atom is 0.423 e. The van der Waals surface area contributed by atoms with Gasteiger partial charge in [-0.1, -0.05) is 73.9 Å². The van der Waals surface area contributed by atoms with Crippen LogP contribution in [-0.2, 0) is 25.6 Å². The number of carboxylic acid groups (broad SMARTS) is 1. The Bertz CT molecular complexity index is 906. The lowest BCUT2D eigenvalue weighted by atomic mass is 10.2. The molecule has 0 fully saturated rings. The van der Waals surface area contributed by atoms with Crippen molar-refractivity contribution in [2.75, 3.05) is 18.1 Å². The van der Waals surface area contributed by atoms with Crippen LogP contribution in [-0.4, -0.2) is 57.8 Å². The van der Waals surface area contributed by atoms with Gasteiger partial charge in [-0.25, -0.2) is 19.4 Å². The molecule has 10 nitrogen and oxygen atoms in total. The first-order valence-corrected chi connectivity index (χ1v) is 13.4. The summed E-state index contributed by atoms with van der Waals surface area (Å²) in [7, 11) is 0. The third-order valence-corrected chi connectivity index (χ3v) is 3.41. The molecule has 0 saturated carbocycles. The first kappa shape index (κ1) is 38.3. The third kappa shape index (κ3) is 19.8. The predicted octanol–water partition coefficient (Wildman–Crippen LogP) is 7.03.